The first-order valence-electron chi connectivity index (χ1n) is 7.81. The monoisotopic (exact) mass is 387 g/mol. The van der Waals surface area contributed by atoms with E-state index in [1.54, 1.807) is 30.6 Å². The Bertz CT molecular complexity index is 1000. The Balaban J connectivity index is 1.81. The van der Waals surface area contributed by atoms with Gasteiger partial charge in [0.25, 0.3) is 5.91 Å². The van der Waals surface area contributed by atoms with E-state index in [0.717, 1.165) is 5.56 Å². The molecule has 0 radical (unpaired) electrons. The van der Waals surface area contributed by atoms with E-state index in [9.17, 15) is 13.2 Å². The molecule has 0 aliphatic carbocycles. The van der Waals surface area contributed by atoms with Gasteiger partial charge in [0.2, 0.25) is 10.0 Å². The van der Waals surface area contributed by atoms with Crippen LogP contribution in [0.5, 0.6) is 0 Å². The summed E-state index contributed by atoms with van der Waals surface area (Å²) < 4.78 is 27.9. The van der Waals surface area contributed by atoms with Crippen molar-refractivity contribution in [3.8, 4) is 0 Å². The highest BCUT2D eigenvalue weighted by molar-refractivity contribution is 7.89. The van der Waals surface area contributed by atoms with Crippen LogP contribution in [-0.2, 0) is 16.6 Å². The van der Waals surface area contributed by atoms with Gasteiger partial charge in [0, 0.05) is 23.7 Å². The van der Waals surface area contributed by atoms with Crippen molar-refractivity contribution in [3.63, 3.8) is 0 Å². The Morgan fingerprint density at radius 2 is 1.92 bits per heavy atom. The Hall–Kier alpha value is -2.55. The van der Waals surface area contributed by atoms with Gasteiger partial charge in [-0.1, -0.05) is 36.4 Å². The van der Waals surface area contributed by atoms with Gasteiger partial charge in [0.15, 0.2) is 5.13 Å². The lowest BCUT2D eigenvalue weighted by Gasteiger charge is -2.11. The number of rotatable bonds is 6. The van der Waals surface area contributed by atoms with Gasteiger partial charge in [-0.2, -0.15) is 0 Å². The van der Waals surface area contributed by atoms with E-state index in [4.69, 9.17) is 0 Å². The van der Waals surface area contributed by atoms with Crippen molar-refractivity contribution in [1.29, 1.82) is 0 Å². The van der Waals surface area contributed by atoms with Crippen LogP contribution in [0.1, 0.15) is 21.5 Å². The third-order valence-electron chi connectivity index (χ3n) is 3.70. The molecule has 0 saturated heterocycles. The molecule has 134 valence electrons. The molecule has 3 rings (SSSR count). The highest BCUT2D eigenvalue weighted by Crippen LogP contribution is 2.19. The van der Waals surface area contributed by atoms with Gasteiger partial charge in [-0.05, 0) is 30.2 Å². The number of thiazole rings is 1. The van der Waals surface area contributed by atoms with Crippen LogP contribution in [-0.4, -0.2) is 19.3 Å². The quantitative estimate of drug-likeness (QED) is 0.680. The molecule has 2 N–H and O–H groups in total. The number of carbonyl (C=O) groups is 1. The van der Waals surface area contributed by atoms with Crippen LogP contribution in [0.3, 0.4) is 0 Å². The molecule has 0 fully saturated rings. The van der Waals surface area contributed by atoms with Crippen LogP contribution in [0.4, 0.5) is 5.13 Å². The number of carbonyl (C=O) groups excluding carboxylic acids is 1. The summed E-state index contributed by atoms with van der Waals surface area (Å²) in [5, 5.41) is 4.85. The second-order valence-corrected chi connectivity index (χ2v) is 8.21. The van der Waals surface area contributed by atoms with E-state index in [-0.39, 0.29) is 17.0 Å². The molecular weight excluding hydrogens is 370 g/mol. The van der Waals surface area contributed by atoms with Crippen molar-refractivity contribution in [2.24, 2.45) is 0 Å². The number of sulfonamides is 1. The Morgan fingerprint density at radius 3 is 2.62 bits per heavy atom. The zero-order chi connectivity index (χ0) is 18.6. The minimum absolute atomic E-state index is 0.0835. The standard InChI is InChI=1S/C18H17N3O3S2/c1-13-7-8-15(17(22)21-18-19-9-10-25-18)11-16(13)26(23,24)20-12-14-5-3-2-4-6-14/h2-11,20H,12H2,1H3,(H,19,21,22). The lowest BCUT2D eigenvalue weighted by atomic mass is 10.1. The molecule has 0 aliphatic rings. The predicted octanol–water partition coefficient (Wildman–Crippen LogP) is 3.18. The summed E-state index contributed by atoms with van der Waals surface area (Å²) in [6.07, 6.45) is 1.58. The van der Waals surface area contributed by atoms with Gasteiger partial charge in [-0.15, -0.1) is 11.3 Å². The second kappa shape index (κ2) is 7.77. The van der Waals surface area contributed by atoms with Crippen molar-refractivity contribution in [3.05, 3.63) is 76.8 Å². The lowest BCUT2D eigenvalue weighted by molar-refractivity contribution is 0.102. The van der Waals surface area contributed by atoms with E-state index in [1.807, 2.05) is 30.3 Å². The molecule has 0 atom stereocenters. The second-order valence-electron chi connectivity index (χ2n) is 5.58. The fraction of sp³-hybridized carbons (Fsp3) is 0.111. The van der Waals surface area contributed by atoms with E-state index in [0.29, 0.717) is 10.7 Å². The zero-order valence-electron chi connectivity index (χ0n) is 14.0. The van der Waals surface area contributed by atoms with Crippen molar-refractivity contribution < 1.29 is 13.2 Å². The maximum absolute atomic E-state index is 12.7. The third kappa shape index (κ3) is 4.34. The molecule has 0 bridgehead atoms. The topological polar surface area (TPSA) is 88.2 Å². The van der Waals surface area contributed by atoms with Gasteiger partial charge in [-0.3, -0.25) is 10.1 Å². The summed E-state index contributed by atoms with van der Waals surface area (Å²) in [5.41, 5.74) is 1.67. The summed E-state index contributed by atoms with van der Waals surface area (Å²) in [5.74, 6) is -0.403. The molecule has 3 aromatic rings. The molecule has 0 aliphatic heterocycles. The Labute approximate surface area is 156 Å². The van der Waals surface area contributed by atoms with Gasteiger partial charge >= 0.3 is 0 Å². The number of nitrogens with one attached hydrogen (secondary N) is 2. The van der Waals surface area contributed by atoms with Crippen LogP contribution in [0.2, 0.25) is 0 Å². The average Bonchev–Trinajstić information content (AvgIpc) is 3.14. The Morgan fingerprint density at radius 1 is 1.15 bits per heavy atom. The normalized spacial score (nSPS) is 11.3. The number of aromatic nitrogens is 1. The molecule has 0 unspecified atom stereocenters. The van der Waals surface area contributed by atoms with Gasteiger partial charge in [-0.25, -0.2) is 18.1 Å². The molecule has 26 heavy (non-hydrogen) atoms. The van der Waals surface area contributed by atoms with E-state index in [2.05, 4.69) is 15.0 Å². The molecule has 1 aromatic heterocycles. The van der Waals surface area contributed by atoms with E-state index < -0.39 is 15.9 Å². The summed E-state index contributed by atoms with van der Waals surface area (Å²) in [6, 6.07) is 13.8. The lowest BCUT2D eigenvalue weighted by Crippen LogP contribution is -2.24. The van der Waals surface area contributed by atoms with Crippen LogP contribution in [0, 0.1) is 6.92 Å². The summed E-state index contributed by atoms with van der Waals surface area (Å²) in [6.45, 7) is 1.87. The molecule has 8 heteroatoms. The molecule has 0 saturated carbocycles. The first-order chi connectivity index (χ1) is 12.5. The highest BCUT2D eigenvalue weighted by Gasteiger charge is 2.19. The molecule has 2 aromatic carbocycles. The van der Waals surface area contributed by atoms with Crippen molar-refractivity contribution in [1.82, 2.24) is 9.71 Å². The van der Waals surface area contributed by atoms with Crippen LogP contribution in [0.25, 0.3) is 0 Å². The summed E-state index contributed by atoms with van der Waals surface area (Å²) in [4.78, 5) is 16.4. The number of nitrogens with zero attached hydrogens (tertiary/aromatic N) is 1. The Kier molecular flexibility index (Phi) is 5.46. The third-order valence-corrected chi connectivity index (χ3v) is 5.93. The predicted molar refractivity (Wildman–Crippen MR) is 102 cm³/mol. The van der Waals surface area contributed by atoms with Crippen LogP contribution in [0.15, 0.2) is 65.0 Å². The van der Waals surface area contributed by atoms with Crippen LogP contribution >= 0.6 is 11.3 Å². The molecule has 1 heterocycles. The van der Waals surface area contributed by atoms with Gasteiger partial charge in [0.1, 0.15) is 0 Å². The fourth-order valence-corrected chi connectivity index (χ4v) is 4.15. The van der Waals surface area contributed by atoms with Crippen molar-refractivity contribution >= 4 is 32.4 Å². The van der Waals surface area contributed by atoms with E-state index >= 15 is 0 Å². The number of aryl methyl sites for hydroxylation is 1. The summed E-state index contributed by atoms with van der Waals surface area (Å²) in [7, 11) is -3.75. The zero-order valence-corrected chi connectivity index (χ0v) is 15.6. The minimum atomic E-state index is -3.75. The van der Waals surface area contributed by atoms with Crippen LogP contribution < -0.4 is 10.0 Å². The average molecular weight is 387 g/mol. The SMILES string of the molecule is Cc1ccc(C(=O)Nc2nccs2)cc1S(=O)(=O)NCc1ccccc1. The van der Waals surface area contributed by atoms with Gasteiger partial charge in [0.05, 0.1) is 4.90 Å². The van der Waals surface area contributed by atoms with E-state index in [1.165, 1.54) is 17.4 Å². The number of hydrogen-bond donors (Lipinski definition) is 2. The first kappa shape index (κ1) is 18.2. The minimum Gasteiger partial charge on any atom is -0.298 e. The largest absolute Gasteiger partial charge is 0.298 e. The molecule has 0 spiro atoms. The maximum Gasteiger partial charge on any atom is 0.257 e. The summed E-state index contributed by atoms with van der Waals surface area (Å²) >= 11 is 1.29. The smallest absolute Gasteiger partial charge is 0.257 e. The maximum atomic E-state index is 12.7. The van der Waals surface area contributed by atoms with Crippen molar-refractivity contribution in [2.45, 2.75) is 18.4 Å². The highest BCUT2D eigenvalue weighted by atomic mass is 32.2. The van der Waals surface area contributed by atoms with Gasteiger partial charge < -0.3 is 0 Å². The molecular formula is C18H17N3O3S2. The van der Waals surface area contributed by atoms with Crippen molar-refractivity contribution in [2.75, 3.05) is 5.32 Å². The fourth-order valence-electron chi connectivity index (χ4n) is 2.34. The number of amides is 1. The number of anilines is 1. The first-order valence-corrected chi connectivity index (χ1v) is 10.2. The molecule has 6 nitrogen and oxygen atoms in total. The number of benzene rings is 2. The number of hydrogen-bond acceptors (Lipinski definition) is 5. The molecule has 1 amide bonds.